The summed E-state index contributed by atoms with van der Waals surface area (Å²) in [6, 6.07) is 110. The molecule has 14 aromatic carbocycles. The van der Waals surface area contributed by atoms with E-state index in [9.17, 15) is 19.5 Å². The van der Waals surface area contributed by atoms with Crippen molar-refractivity contribution < 1.29 is 73.6 Å². The normalized spacial score (nSPS) is 10.4. The van der Waals surface area contributed by atoms with Crippen LogP contribution in [0.4, 0.5) is 14.4 Å². The van der Waals surface area contributed by atoms with Crippen molar-refractivity contribution in [3.63, 3.8) is 0 Å². The molecule has 19 nitrogen and oxygen atoms in total. The fraction of sp³-hybridized carbons (Fsp3) is 0.237. The van der Waals surface area contributed by atoms with E-state index in [4.69, 9.17) is 59.9 Å². The van der Waals surface area contributed by atoms with Gasteiger partial charge < -0.3 is 80.9 Å². The zero-order valence-corrected chi connectivity index (χ0v) is 83.9. The highest BCUT2D eigenvalue weighted by atomic mass is 79.9. The summed E-state index contributed by atoms with van der Waals surface area (Å²) in [6.07, 6.45) is -0.336. The van der Waals surface area contributed by atoms with Gasteiger partial charge in [0, 0.05) is 36.3 Å². The van der Waals surface area contributed by atoms with E-state index in [1.807, 2.05) is 235 Å². The van der Waals surface area contributed by atoms with E-state index < -0.39 is 36.1 Å². The minimum atomic E-state index is -1.39. The Kier molecular flexibility index (Phi) is 47.4. The van der Waals surface area contributed by atoms with Gasteiger partial charge in [-0.2, -0.15) is 0 Å². The minimum Gasteiger partial charge on any atom is -0.508 e. The number of phenols is 4. The number of nitrogens with two attached hydrogens (primary N) is 1. The molecule has 3 amide bonds. The molecule has 0 radical (unpaired) electrons. The van der Waals surface area contributed by atoms with E-state index in [0.29, 0.717) is 61.3 Å². The minimum absolute atomic E-state index is 0.0702. The van der Waals surface area contributed by atoms with Gasteiger partial charge in [0.25, 0.3) is 0 Å². The Labute approximate surface area is 820 Å². The lowest BCUT2D eigenvalue weighted by molar-refractivity contribution is 0.0508. The third kappa shape index (κ3) is 43.3. The van der Waals surface area contributed by atoms with Crippen LogP contribution in [0.3, 0.4) is 0 Å². The predicted octanol–water partition coefficient (Wildman–Crippen LogP) is 26.0. The fourth-order valence-corrected chi connectivity index (χ4v) is 12.9. The molecule has 0 atom stereocenters. The van der Waals surface area contributed by atoms with E-state index >= 15 is 0 Å². The van der Waals surface area contributed by atoms with Gasteiger partial charge in [-0.3, -0.25) is 0 Å². The Hall–Kier alpha value is -13.4. The van der Waals surface area contributed by atoms with Gasteiger partial charge in [-0.1, -0.05) is 286 Å². The Morgan fingerprint density at radius 3 is 0.904 bits per heavy atom. The standard InChI is InChI=1S/C26H29NO3.C21H21NO.C19H16O.C12H11BO2.C8H17NO2.2C7H7BrO.C7H15NO3.C7H8O/c1-19-10-15-23(22-13-11-21(12-14-22)20-8-6-5-7-9-20)24(18-19)29-17-16-27-25(28)30-26(2,3)4;1-16-7-12-20(21(15-16)23-14-13-22)19-10-8-18(9-11-19)17-5-3-2-4-6-17;1-14-7-12-18(19(20)13-14)17-10-8-16(9-11-17)15-5-3-2-4-6-15;14-13(15)12-8-6-11(7-9-12)10-4-2-1-3-5-10;1-5-6-9-7(10)11-8(2,3)4;2*1-5-2-3-6(8)7(9)4-5;1-7(2,3)11-6(10)8-4-5-9;1-6-3-2-4-7(8)5-6/h5-15,18H,16-17H2,1-4H3,(H,27,28);2-12,15H,13-14,22H2,1H3;2-13,20H,1H3;1-9,14-15H;5-6H2,1-4H3,(H,9,10);2*2-4,9H,1H3;9H,4-5H2,1-3H3,(H,8,10);2-5,8H,1H3. The molecule has 22 heteroatoms. The van der Waals surface area contributed by atoms with E-state index in [2.05, 4.69) is 194 Å². The van der Waals surface area contributed by atoms with Gasteiger partial charge in [0.2, 0.25) is 0 Å². The quantitative estimate of drug-likeness (QED) is 0.0204. The van der Waals surface area contributed by atoms with Gasteiger partial charge in [0.1, 0.15) is 64.5 Å². The molecular formula is C114H131BBr2N4O15. The van der Waals surface area contributed by atoms with Gasteiger partial charge in [0.15, 0.2) is 0 Å². The fourth-order valence-electron chi connectivity index (χ4n) is 12.4. The van der Waals surface area contributed by atoms with Crippen LogP contribution in [0, 0.1) is 41.5 Å². The van der Waals surface area contributed by atoms with Crippen molar-refractivity contribution in [3.05, 3.63) is 376 Å². The Bertz CT molecular complexity index is 5790. The third-order valence-corrected chi connectivity index (χ3v) is 20.3. The van der Waals surface area contributed by atoms with Crippen molar-refractivity contribution in [1.29, 1.82) is 0 Å². The molecule has 0 spiro atoms. The molecule has 0 aromatic heterocycles. The van der Waals surface area contributed by atoms with E-state index in [0.717, 1.165) is 99.2 Å². The summed E-state index contributed by atoms with van der Waals surface area (Å²) in [4.78, 5) is 33.4. The first-order valence-corrected chi connectivity index (χ1v) is 46.4. The molecular weight excluding hydrogens is 1840 g/mol. The molecule has 0 fully saturated rings. The zero-order valence-electron chi connectivity index (χ0n) is 80.7. The number of carbonyl (C=O) groups is 3. The Morgan fingerprint density at radius 2 is 0.610 bits per heavy atom. The van der Waals surface area contributed by atoms with Crippen LogP contribution in [0.25, 0.3) is 77.9 Å². The van der Waals surface area contributed by atoms with E-state index in [-0.39, 0.29) is 19.2 Å². The summed E-state index contributed by atoms with van der Waals surface area (Å²) in [5, 5.41) is 70.9. The smallest absolute Gasteiger partial charge is 0.488 e. The number of nitrogens with one attached hydrogen (secondary N) is 3. The number of phenolic OH excluding ortho intramolecular Hbond substituents is 4. The Balaban J connectivity index is 0.000000244. The molecule has 0 saturated heterocycles. The van der Waals surface area contributed by atoms with Crippen LogP contribution in [-0.4, -0.2) is 124 Å². The third-order valence-electron chi connectivity index (χ3n) is 19.0. The monoisotopic (exact) mass is 1960 g/mol. The molecule has 0 aliphatic heterocycles. The number of hydrogen-bond acceptors (Lipinski definition) is 16. The lowest BCUT2D eigenvalue weighted by atomic mass is 9.80. The van der Waals surface area contributed by atoms with Crippen LogP contribution in [-0.2, 0) is 14.2 Å². The molecule has 12 N–H and O–H groups in total. The topological polar surface area (TPSA) is 301 Å². The number of aliphatic hydroxyl groups excluding tert-OH is 1. The van der Waals surface area contributed by atoms with Gasteiger partial charge in [-0.25, -0.2) is 14.4 Å². The highest BCUT2D eigenvalue weighted by Crippen LogP contribution is 2.37. The average Bonchev–Trinajstić information content (AvgIpc) is 0.822. The molecule has 0 aliphatic carbocycles. The predicted molar refractivity (Wildman–Crippen MR) is 564 cm³/mol. The number of benzene rings is 14. The number of hydrogen-bond donors (Lipinski definition) is 11. The molecule has 0 aliphatic rings. The van der Waals surface area contributed by atoms with Crippen molar-refractivity contribution in [2.45, 2.75) is 134 Å². The van der Waals surface area contributed by atoms with Crippen LogP contribution in [0.15, 0.2) is 343 Å². The van der Waals surface area contributed by atoms with Crippen molar-refractivity contribution in [3.8, 4) is 112 Å². The number of aryl methyl sites for hydroxylation is 6. The molecule has 0 unspecified atom stereocenters. The molecule has 14 aromatic rings. The second-order valence-electron chi connectivity index (χ2n) is 34.5. The molecule has 0 heterocycles. The van der Waals surface area contributed by atoms with E-state index in [1.165, 1.54) is 38.9 Å². The molecule has 714 valence electrons. The molecule has 0 bridgehead atoms. The first-order chi connectivity index (χ1) is 64.7. The summed E-state index contributed by atoms with van der Waals surface area (Å²) in [7, 11) is -1.39. The highest BCUT2D eigenvalue weighted by Gasteiger charge is 2.19. The summed E-state index contributed by atoms with van der Waals surface area (Å²) in [5.74, 6) is 2.96. The van der Waals surface area contributed by atoms with Crippen molar-refractivity contribution in [1.82, 2.24) is 16.0 Å². The lowest BCUT2D eigenvalue weighted by Crippen LogP contribution is -2.34. The first kappa shape index (κ1) is 111. The van der Waals surface area contributed by atoms with Crippen LogP contribution < -0.4 is 36.6 Å². The average molecular weight is 1970 g/mol. The molecule has 136 heavy (non-hydrogen) atoms. The summed E-state index contributed by atoms with van der Waals surface area (Å²) >= 11 is 6.36. The van der Waals surface area contributed by atoms with Crippen molar-refractivity contribution in [2.75, 3.05) is 46.0 Å². The number of amides is 3. The van der Waals surface area contributed by atoms with E-state index in [1.54, 1.807) is 63.2 Å². The van der Waals surface area contributed by atoms with Crippen molar-refractivity contribution in [2.24, 2.45) is 5.73 Å². The zero-order chi connectivity index (χ0) is 99.8. The first-order valence-electron chi connectivity index (χ1n) is 44.8. The summed E-state index contributed by atoms with van der Waals surface area (Å²) in [6.45, 7) is 32.9. The maximum atomic E-state index is 11.8. The number of aromatic hydroxyl groups is 4. The van der Waals surface area contributed by atoms with Gasteiger partial charge in [-0.05, 0) is 297 Å². The highest BCUT2D eigenvalue weighted by molar-refractivity contribution is 9.11. The van der Waals surface area contributed by atoms with Gasteiger partial charge in [0.05, 0.1) is 22.1 Å². The maximum absolute atomic E-state index is 11.8. The van der Waals surface area contributed by atoms with Crippen LogP contribution >= 0.6 is 31.9 Å². The summed E-state index contributed by atoms with van der Waals surface area (Å²) < 4.78 is 28.4. The number of alkyl carbamates (subject to hydrolysis) is 3. The lowest BCUT2D eigenvalue weighted by Gasteiger charge is -2.20. The number of ether oxygens (including phenoxy) is 5. The second-order valence-corrected chi connectivity index (χ2v) is 36.2. The maximum Gasteiger partial charge on any atom is 0.488 e. The van der Waals surface area contributed by atoms with Gasteiger partial charge in [-0.15, -0.1) is 0 Å². The Morgan fingerprint density at radius 1 is 0.324 bits per heavy atom. The number of halogens is 2. The van der Waals surface area contributed by atoms with Crippen LogP contribution in [0.2, 0.25) is 0 Å². The van der Waals surface area contributed by atoms with Crippen LogP contribution in [0.1, 0.15) is 109 Å². The molecule has 0 saturated carbocycles. The van der Waals surface area contributed by atoms with Gasteiger partial charge >= 0.3 is 25.4 Å². The number of aliphatic hydroxyl groups is 1. The number of rotatable bonds is 19. The largest absolute Gasteiger partial charge is 0.508 e. The number of carbonyl (C=O) groups excluding carboxylic acids is 3. The van der Waals surface area contributed by atoms with Crippen molar-refractivity contribution >= 4 is 62.7 Å². The summed E-state index contributed by atoms with van der Waals surface area (Å²) in [5.41, 5.74) is 26.9. The SMILES string of the molecule is CC(C)(C)OC(=O)NCCO.CCCNC(=O)OC(C)(C)C.Cc1ccc(-c2ccc(-c3ccccc3)cc2)c(O)c1.Cc1ccc(-c2ccc(-c3ccccc3)cc2)c(OCCN)c1.Cc1ccc(-c2ccc(-c3ccccc3)cc2)c(OCCNC(=O)OC(C)(C)C)c1.Cc1ccc(Br)c(O)c1.Cc1ccc(Br)c(O)c1.Cc1cccc(O)c1.OB(O)c1ccc(-c2ccccc2)cc1. The second kappa shape index (κ2) is 58.0. The van der Waals surface area contributed by atoms with Crippen LogP contribution in [0.5, 0.6) is 34.5 Å². The molecule has 14 rings (SSSR count).